The van der Waals surface area contributed by atoms with Gasteiger partial charge in [-0.2, -0.15) is 0 Å². The number of hydrogen-bond donors (Lipinski definition) is 2. The van der Waals surface area contributed by atoms with E-state index in [0.29, 0.717) is 5.69 Å². The topological polar surface area (TPSA) is 92.2 Å². The lowest BCUT2D eigenvalue weighted by molar-refractivity contribution is 0.0959. The number of nitrogens with one attached hydrogen (secondary N) is 2. The average molecular weight is 207 g/mol. The van der Waals surface area contributed by atoms with E-state index in [9.17, 15) is 9.59 Å². The molecule has 15 heavy (non-hydrogen) atoms. The summed E-state index contributed by atoms with van der Waals surface area (Å²) >= 11 is 0. The molecule has 1 amide bonds. The number of carbonyl (C=O) groups is 1. The van der Waals surface area contributed by atoms with Gasteiger partial charge in [-0.3, -0.25) is 9.59 Å². The predicted octanol–water partition coefficient (Wildman–Crippen LogP) is -0.914. The van der Waals surface area contributed by atoms with Gasteiger partial charge in [0, 0.05) is 12.7 Å². The lowest BCUT2D eigenvalue weighted by Gasteiger charge is -1.96. The molecule has 0 aliphatic carbocycles. The molecule has 0 atom stereocenters. The fourth-order valence-corrected chi connectivity index (χ4v) is 1.32. The third kappa shape index (κ3) is 1.37. The number of aromatic amines is 1. The van der Waals surface area contributed by atoms with Crippen LogP contribution in [0.2, 0.25) is 0 Å². The maximum absolute atomic E-state index is 11.6. The predicted molar refractivity (Wildman–Crippen MR) is 51.7 cm³/mol. The first-order valence-corrected chi connectivity index (χ1v) is 4.30. The van der Waals surface area contributed by atoms with Crippen LogP contribution in [-0.4, -0.2) is 32.8 Å². The number of aromatic nitrogens is 4. The van der Waals surface area contributed by atoms with Crippen LogP contribution in [0.5, 0.6) is 0 Å². The van der Waals surface area contributed by atoms with Crippen molar-refractivity contribution in [3.05, 3.63) is 27.9 Å². The lowest BCUT2D eigenvalue weighted by atomic mass is 10.3. The number of rotatable bonds is 1. The van der Waals surface area contributed by atoms with Crippen LogP contribution < -0.4 is 10.9 Å². The summed E-state index contributed by atoms with van der Waals surface area (Å²) in [6.07, 6.45) is 1.59. The van der Waals surface area contributed by atoms with Crippen LogP contribution in [0, 0.1) is 6.92 Å². The van der Waals surface area contributed by atoms with Crippen molar-refractivity contribution in [2.45, 2.75) is 6.92 Å². The summed E-state index contributed by atoms with van der Waals surface area (Å²) in [6.45, 7) is 1.72. The third-order valence-corrected chi connectivity index (χ3v) is 1.98. The molecule has 0 aromatic carbocycles. The first-order chi connectivity index (χ1) is 7.13. The van der Waals surface area contributed by atoms with Crippen LogP contribution in [-0.2, 0) is 0 Å². The van der Waals surface area contributed by atoms with E-state index < -0.39 is 5.91 Å². The summed E-state index contributed by atoms with van der Waals surface area (Å²) < 4.78 is 1.29. The molecule has 0 unspecified atom stereocenters. The summed E-state index contributed by atoms with van der Waals surface area (Å²) in [5.74, 6) is -0.431. The van der Waals surface area contributed by atoms with Gasteiger partial charge < -0.3 is 10.3 Å². The zero-order valence-electron chi connectivity index (χ0n) is 8.24. The Hall–Kier alpha value is -2.18. The average Bonchev–Trinajstić information content (AvgIpc) is 2.60. The van der Waals surface area contributed by atoms with Gasteiger partial charge in [-0.15, -0.1) is 5.10 Å². The maximum atomic E-state index is 11.6. The van der Waals surface area contributed by atoms with E-state index in [2.05, 4.69) is 20.6 Å². The van der Waals surface area contributed by atoms with Gasteiger partial charge in [-0.25, -0.2) is 4.52 Å². The highest BCUT2D eigenvalue weighted by Gasteiger charge is 2.16. The van der Waals surface area contributed by atoms with Crippen LogP contribution in [0.25, 0.3) is 5.52 Å². The van der Waals surface area contributed by atoms with Gasteiger partial charge in [0.25, 0.3) is 11.5 Å². The van der Waals surface area contributed by atoms with E-state index in [1.54, 1.807) is 13.1 Å². The number of aryl methyl sites for hydroxylation is 1. The number of fused-ring (bicyclic) bond motifs is 1. The Morgan fingerprint density at radius 2 is 2.33 bits per heavy atom. The van der Waals surface area contributed by atoms with Gasteiger partial charge in [0.05, 0.1) is 6.20 Å². The van der Waals surface area contributed by atoms with Crippen molar-refractivity contribution >= 4 is 11.4 Å². The molecule has 0 bridgehead atoms. The molecule has 78 valence electrons. The van der Waals surface area contributed by atoms with E-state index in [0.717, 1.165) is 0 Å². The smallest absolute Gasteiger partial charge is 0.276 e. The van der Waals surface area contributed by atoms with Gasteiger partial charge >= 0.3 is 0 Å². The Balaban J connectivity index is 2.80. The molecule has 0 fully saturated rings. The molecule has 2 heterocycles. The summed E-state index contributed by atoms with van der Waals surface area (Å²) in [5, 5.41) is 9.74. The minimum Gasteiger partial charge on any atom is -0.354 e. The summed E-state index contributed by atoms with van der Waals surface area (Å²) in [6, 6.07) is 0. The fourth-order valence-electron chi connectivity index (χ4n) is 1.32. The normalized spacial score (nSPS) is 10.5. The van der Waals surface area contributed by atoms with Crippen molar-refractivity contribution < 1.29 is 4.79 Å². The minimum atomic E-state index is -0.431. The maximum Gasteiger partial charge on any atom is 0.276 e. The summed E-state index contributed by atoms with van der Waals surface area (Å²) in [5.41, 5.74) is 0.457. The molecule has 0 spiro atoms. The van der Waals surface area contributed by atoms with Gasteiger partial charge in [0.1, 0.15) is 0 Å². The van der Waals surface area contributed by atoms with Crippen LogP contribution in [0.4, 0.5) is 0 Å². The Bertz CT molecular complexity index is 582. The van der Waals surface area contributed by atoms with Crippen molar-refractivity contribution in [2.24, 2.45) is 0 Å². The second kappa shape index (κ2) is 3.19. The SMILES string of the molecule is CNC(=O)c1nnn2cc(C)[nH]c(=O)c12. The first-order valence-electron chi connectivity index (χ1n) is 4.30. The van der Waals surface area contributed by atoms with Crippen LogP contribution in [0.3, 0.4) is 0 Å². The largest absolute Gasteiger partial charge is 0.354 e. The Morgan fingerprint density at radius 3 is 3.00 bits per heavy atom. The van der Waals surface area contributed by atoms with Crippen molar-refractivity contribution in [2.75, 3.05) is 7.05 Å². The van der Waals surface area contributed by atoms with Crippen molar-refractivity contribution in [1.29, 1.82) is 0 Å². The number of H-pyrrole nitrogens is 1. The highest BCUT2D eigenvalue weighted by atomic mass is 16.2. The Morgan fingerprint density at radius 1 is 1.60 bits per heavy atom. The standard InChI is InChI=1S/C8H9N5O2/c1-4-3-13-6(8(15)10-4)5(11-12-13)7(14)9-2/h3H,1-2H3,(H,9,14)(H,10,15). The zero-order chi connectivity index (χ0) is 11.0. The minimum absolute atomic E-state index is 0.0266. The quantitative estimate of drug-likeness (QED) is 0.633. The molecule has 2 aromatic heterocycles. The molecule has 0 saturated heterocycles. The molecule has 7 heteroatoms. The molecule has 0 saturated carbocycles. The fraction of sp³-hybridized carbons (Fsp3) is 0.250. The zero-order valence-corrected chi connectivity index (χ0v) is 8.24. The van der Waals surface area contributed by atoms with Crippen LogP contribution in [0.1, 0.15) is 16.2 Å². The number of amides is 1. The van der Waals surface area contributed by atoms with Gasteiger partial charge in [0.15, 0.2) is 11.2 Å². The summed E-state index contributed by atoms with van der Waals surface area (Å²) in [7, 11) is 1.47. The highest BCUT2D eigenvalue weighted by Crippen LogP contribution is 2.01. The molecule has 7 nitrogen and oxygen atoms in total. The molecule has 2 N–H and O–H groups in total. The Kier molecular flexibility index (Phi) is 2.00. The van der Waals surface area contributed by atoms with Crippen molar-refractivity contribution in [3.63, 3.8) is 0 Å². The van der Waals surface area contributed by atoms with E-state index in [-0.39, 0.29) is 16.8 Å². The molecular weight excluding hydrogens is 198 g/mol. The van der Waals surface area contributed by atoms with Gasteiger partial charge in [-0.05, 0) is 6.92 Å². The Labute approximate surface area is 84.1 Å². The van der Waals surface area contributed by atoms with E-state index in [1.165, 1.54) is 11.6 Å². The number of carbonyl (C=O) groups excluding carboxylic acids is 1. The molecule has 0 aliphatic rings. The summed E-state index contributed by atoms with van der Waals surface area (Å²) in [4.78, 5) is 25.5. The first kappa shape index (κ1) is 9.38. The third-order valence-electron chi connectivity index (χ3n) is 1.98. The number of hydrogen-bond acceptors (Lipinski definition) is 4. The van der Waals surface area contributed by atoms with E-state index >= 15 is 0 Å². The van der Waals surface area contributed by atoms with E-state index in [1.807, 2.05) is 0 Å². The van der Waals surface area contributed by atoms with Crippen LogP contribution in [0.15, 0.2) is 11.0 Å². The highest BCUT2D eigenvalue weighted by molar-refractivity contribution is 5.98. The molecule has 2 aromatic rings. The number of nitrogens with zero attached hydrogens (tertiary/aromatic N) is 3. The van der Waals surface area contributed by atoms with Gasteiger partial charge in [-0.1, -0.05) is 5.21 Å². The lowest BCUT2D eigenvalue weighted by Crippen LogP contribution is -2.21. The molecule has 0 radical (unpaired) electrons. The van der Waals surface area contributed by atoms with Crippen LogP contribution >= 0.6 is 0 Å². The molecule has 0 aliphatic heterocycles. The van der Waals surface area contributed by atoms with E-state index in [4.69, 9.17) is 0 Å². The molecule has 2 rings (SSSR count). The van der Waals surface area contributed by atoms with Crippen molar-refractivity contribution in [3.8, 4) is 0 Å². The van der Waals surface area contributed by atoms with Gasteiger partial charge in [0.2, 0.25) is 0 Å². The second-order valence-corrected chi connectivity index (χ2v) is 3.08. The monoisotopic (exact) mass is 207 g/mol. The van der Waals surface area contributed by atoms with Crippen molar-refractivity contribution in [1.82, 2.24) is 25.1 Å². The molecular formula is C8H9N5O2. The second-order valence-electron chi connectivity index (χ2n) is 3.08.